The fourth-order valence-corrected chi connectivity index (χ4v) is 4.91. The maximum Gasteiger partial charge on any atom is 0.332 e. The number of hydrogen-bond acceptors (Lipinski definition) is 8. The van der Waals surface area contributed by atoms with E-state index in [0.29, 0.717) is 17.4 Å². The molecule has 0 saturated carbocycles. The molecule has 0 saturated heterocycles. The number of nitrogens with zero attached hydrogens (tertiary/aromatic N) is 4. The first-order valence-corrected chi connectivity index (χ1v) is 13.1. The van der Waals surface area contributed by atoms with Gasteiger partial charge in [0.1, 0.15) is 22.8 Å². The maximum atomic E-state index is 13.5. The molecule has 0 spiro atoms. The Balaban J connectivity index is 1.70. The summed E-state index contributed by atoms with van der Waals surface area (Å²) in [6.45, 7) is 4.21. The predicted octanol–water partition coefficient (Wildman–Crippen LogP) is 3.16. The lowest BCUT2D eigenvalue weighted by Gasteiger charge is -2.18. The van der Waals surface area contributed by atoms with Gasteiger partial charge in [-0.15, -0.1) is 0 Å². The number of methoxy groups -OCH3 is 1. The summed E-state index contributed by atoms with van der Waals surface area (Å²) in [5.41, 5.74) is 6.94. The van der Waals surface area contributed by atoms with Crippen molar-refractivity contribution >= 4 is 46.2 Å². The van der Waals surface area contributed by atoms with Crippen LogP contribution in [0.1, 0.15) is 41.3 Å². The third-order valence-electron chi connectivity index (χ3n) is 6.37. The number of anilines is 2. The Morgan fingerprint density at radius 2 is 1.77 bits per heavy atom. The molecule has 3 aromatic rings. The van der Waals surface area contributed by atoms with Crippen LogP contribution in [0, 0.1) is 0 Å². The van der Waals surface area contributed by atoms with Gasteiger partial charge in [-0.3, -0.25) is 28.4 Å². The summed E-state index contributed by atoms with van der Waals surface area (Å²) in [5, 5.41) is 0.256. The highest BCUT2D eigenvalue weighted by Gasteiger charge is 2.33. The normalized spacial score (nSPS) is 14.3. The van der Waals surface area contributed by atoms with Crippen molar-refractivity contribution in [3.63, 3.8) is 0 Å². The van der Waals surface area contributed by atoms with E-state index in [1.807, 2.05) is 24.3 Å². The molecule has 0 aliphatic carbocycles. The standard InChI is InChI=1S/C28H29N5O5S/c1-16(2)18-11-9-17(10-12-18)13-21-25(35)33(19-7-6-8-20(14-19)38-5)27(30-21)39-15-22(34)23-24(29)31(3)28(37)32(4)26(23)36/h6-14,16H,15,29H2,1-5H3/b21-13-. The number of amides is 1. The van der Waals surface area contributed by atoms with E-state index in [2.05, 4.69) is 18.8 Å². The number of nitrogens with two attached hydrogens (primary N) is 1. The van der Waals surface area contributed by atoms with Crippen molar-refractivity contribution in [1.29, 1.82) is 0 Å². The van der Waals surface area contributed by atoms with Gasteiger partial charge in [0.15, 0.2) is 11.0 Å². The van der Waals surface area contributed by atoms with Gasteiger partial charge in [-0.1, -0.05) is 55.9 Å². The fourth-order valence-electron chi connectivity index (χ4n) is 4.03. The van der Waals surface area contributed by atoms with Crippen molar-refractivity contribution < 1.29 is 14.3 Å². The minimum absolute atomic E-state index is 0.197. The molecule has 4 rings (SSSR count). The van der Waals surface area contributed by atoms with Crippen molar-refractivity contribution in [3.8, 4) is 5.75 Å². The van der Waals surface area contributed by atoms with Crippen LogP contribution in [0.25, 0.3) is 6.08 Å². The number of amidine groups is 1. The second-order valence-corrected chi connectivity index (χ2v) is 10.2. The minimum Gasteiger partial charge on any atom is -0.497 e. The number of aliphatic imine (C=N–C) groups is 1. The van der Waals surface area contributed by atoms with Gasteiger partial charge in [0.05, 0.1) is 18.6 Å². The van der Waals surface area contributed by atoms with Crippen molar-refractivity contribution in [1.82, 2.24) is 9.13 Å². The molecule has 2 N–H and O–H groups in total. The first-order valence-electron chi connectivity index (χ1n) is 12.1. The van der Waals surface area contributed by atoms with E-state index in [0.717, 1.165) is 26.5 Å². The molecule has 0 unspecified atom stereocenters. The monoisotopic (exact) mass is 547 g/mol. The van der Waals surface area contributed by atoms with Gasteiger partial charge >= 0.3 is 5.69 Å². The van der Waals surface area contributed by atoms with Gasteiger partial charge in [-0.25, -0.2) is 9.79 Å². The molecule has 202 valence electrons. The summed E-state index contributed by atoms with van der Waals surface area (Å²) in [6, 6.07) is 14.8. The molecule has 2 aromatic carbocycles. The SMILES string of the molecule is COc1cccc(N2C(=O)/C(=C/c3ccc(C(C)C)cc3)N=C2SCC(=O)c2c(N)n(C)c(=O)n(C)c2=O)c1. The van der Waals surface area contributed by atoms with E-state index in [9.17, 15) is 19.2 Å². The molecular formula is C28H29N5O5S. The Morgan fingerprint density at radius 1 is 1.08 bits per heavy atom. The predicted molar refractivity (Wildman–Crippen MR) is 155 cm³/mol. The molecule has 0 bridgehead atoms. The van der Waals surface area contributed by atoms with Crippen LogP contribution in [0.2, 0.25) is 0 Å². The number of benzene rings is 2. The summed E-state index contributed by atoms with van der Waals surface area (Å²) in [4.78, 5) is 57.4. The van der Waals surface area contributed by atoms with Crippen LogP contribution in [-0.4, -0.2) is 38.9 Å². The zero-order chi connectivity index (χ0) is 28.4. The molecule has 1 aromatic heterocycles. The van der Waals surface area contributed by atoms with E-state index in [1.54, 1.807) is 30.3 Å². The van der Waals surface area contributed by atoms with Gasteiger partial charge in [0, 0.05) is 20.2 Å². The number of ether oxygens (including phenoxy) is 1. The van der Waals surface area contributed by atoms with Gasteiger partial charge in [-0.2, -0.15) is 0 Å². The van der Waals surface area contributed by atoms with Crippen LogP contribution in [0.5, 0.6) is 5.75 Å². The minimum atomic E-state index is -0.777. The lowest BCUT2D eigenvalue weighted by Crippen LogP contribution is -2.42. The third-order valence-corrected chi connectivity index (χ3v) is 7.31. The van der Waals surface area contributed by atoms with Crippen LogP contribution in [0.4, 0.5) is 11.5 Å². The Kier molecular flexibility index (Phi) is 7.91. The molecule has 0 atom stereocenters. The molecule has 1 amide bonds. The molecule has 0 radical (unpaired) electrons. The van der Waals surface area contributed by atoms with E-state index >= 15 is 0 Å². The molecule has 11 heteroatoms. The van der Waals surface area contributed by atoms with E-state index in [1.165, 1.54) is 31.7 Å². The Bertz CT molecular complexity index is 1630. The molecule has 39 heavy (non-hydrogen) atoms. The average Bonchev–Trinajstić information content (AvgIpc) is 3.24. The summed E-state index contributed by atoms with van der Waals surface area (Å²) >= 11 is 0.994. The largest absolute Gasteiger partial charge is 0.497 e. The van der Waals surface area contributed by atoms with Crippen LogP contribution in [0.3, 0.4) is 0 Å². The van der Waals surface area contributed by atoms with Crippen molar-refractivity contribution in [2.75, 3.05) is 23.5 Å². The van der Waals surface area contributed by atoms with E-state index in [4.69, 9.17) is 10.5 Å². The molecule has 1 aliphatic heterocycles. The third kappa shape index (κ3) is 5.44. The number of thioether (sulfide) groups is 1. The van der Waals surface area contributed by atoms with Crippen LogP contribution >= 0.6 is 11.8 Å². The molecular weight excluding hydrogens is 518 g/mol. The quantitative estimate of drug-likeness (QED) is 0.355. The summed E-state index contributed by atoms with van der Waals surface area (Å²) in [5.74, 6) is -0.489. The summed E-state index contributed by atoms with van der Waals surface area (Å²) in [6.07, 6.45) is 1.69. The maximum absolute atomic E-state index is 13.5. The Morgan fingerprint density at radius 3 is 2.41 bits per heavy atom. The lowest BCUT2D eigenvalue weighted by molar-refractivity contribution is -0.113. The van der Waals surface area contributed by atoms with Gasteiger partial charge in [-0.05, 0) is 35.3 Å². The molecule has 1 aliphatic rings. The Hall–Kier alpha value is -4.38. The highest BCUT2D eigenvalue weighted by Crippen LogP contribution is 2.32. The number of rotatable bonds is 7. The number of nitrogen functional groups attached to an aromatic ring is 1. The summed E-state index contributed by atoms with van der Waals surface area (Å²) in [7, 11) is 4.19. The molecule has 10 nitrogen and oxygen atoms in total. The number of carbonyl (C=O) groups is 2. The number of carbonyl (C=O) groups excluding carboxylic acids is 2. The van der Waals surface area contributed by atoms with E-state index < -0.39 is 17.0 Å². The highest BCUT2D eigenvalue weighted by molar-refractivity contribution is 8.14. The smallest absolute Gasteiger partial charge is 0.332 e. The van der Waals surface area contributed by atoms with Gasteiger partial charge < -0.3 is 10.5 Å². The van der Waals surface area contributed by atoms with Gasteiger partial charge in [0.2, 0.25) is 0 Å². The van der Waals surface area contributed by atoms with Crippen molar-refractivity contribution in [2.45, 2.75) is 19.8 Å². The first-order chi connectivity index (χ1) is 18.5. The van der Waals surface area contributed by atoms with E-state index in [-0.39, 0.29) is 33.9 Å². The second-order valence-electron chi connectivity index (χ2n) is 9.27. The number of aromatic nitrogens is 2. The first kappa shape index (κ1) is 27.6. The average molecular weight is 548 g/mol. The van der Waals surface area contributed by atoms with Crippen LogP contribution in [0.15, 0.2) is 68.8 Å². The number of Topliss-reactive ketones (excluding diaryl/α,β-unsaturated/α-hetero) is 1. The summed E-state index contributed by atoms with van der Waals surface area (Å²) < 4.78 is 7.20. The Labute approximate surface area is 229 Å². The van der Waals surface area contributed by atoms with Crippen LogP contribution < -0.4 is 26.6 Å². The molecule has 2 heterocycles. The van der Waals surface area contributed by atoms with Crippen molar-refractivity contribution in [2.24, 2.45) is 19.1 Å². The van der Waals surface area contributed by atoms with Gasteiger partial charge in [0.25, 0.3) is 11.5 Å². The molecule has 0 fully saturated rings. The van der Waals surface area contributed by atoms with Crippen molar-refractivity contribution in [3.05, 3.63) is 91.8 Å². The van der Waals surface area contributed by atoms with Crippen LogP contribution in [-0.2, 0) is 18.9 Å². The fraction of sp³-hybridized carbons (Fsp3) is 0.250. The lowest BCUT2D eigenvalue weighted by atomic mass is 10.0. The topological polar surface area (TPSA) is 129 Å². The zero-order valence-electron chi connectivity index (χ0n) is 22.3. The zero-order valence-corrected chi connectivity index (χ0v) is 23.1. The second kappa shape index (κ2) is 11.2. The number of hydrogen-bond donors (Lipinski definition) is 1. The number of ketones is 1. The highest BCUT2D eigenvalue weighted by atomic mass is 32.2.